The van der Waals surface area contributed by atoms with E-state index in [9.17, 15) is 4.79 Å². The first kappa shape index (κ1) is 12.3. The Kier molecular flexibility index (Phi) is 4.29. The van der Waals surface area contributed by atoms with Crippen LogP contribution in [0.25, 0.3) is 0 Å². The van der Waals surface area contributed by atoms with E-state index >= 15 is 0 Å². The number of likely N-dealkylation sites (tertiary alicyclic amines) is 1. The van der Waals surface area contributed by atoms with Gasteiger partial charge in [0.05, 0.1) is 6.54 Å². The van der Waals surface area contributed by atoms with Crippen LogP contribution in [0.3, 0.4) is 0 Å². The van der Waals surface area contributed by atoms with E-state index in [4.69, 9.17) is 5.73 Å². The van der Waals surface area contributed by atoms with E-state index in [1.54, 1.807) is 0 Å². The molecule has 92 valence electrons. The minimum atomic E-state index is 0.0190. The van der Waals surface area contributed by atoms with Crippen molar-refractivity contribution in [2.24, 2.45) is 5.73 Å². The molecule has 1 fully saturated rings. The van der Waals surface area contributed by atoms with Gasteiger partial charge in [-0.1, -0.05) is 24.6 Å². The van der Waals surface area contributed by atoms with Gasteiger partial charge in [0, 0.05) is 12.1 Å². The summed E-state index contributed by atoms with van der Waals surface area (Å²) in [6.45, 7) is 3.39. The van der Waals surface area contributed by atoms with Crippen molar-refractivity contribution in [1.82, 2.24) is 4.90 Å². The minimum Gasteiger partial charge on any atom is -0.324 e. The molecule has 1 aromatic carbocycles. The number of hydrogen-bond acceptors (Lipinski definition) is 3. The zero-order valence-electron chi connectivity index (χ0n) is 10.2. The highest BCUT2D eigenvalue weighted by molar-refractivity contribution is 5.97. The second kappa shape index (κ2) is 5.94. The van der Waals surface area contributed by atoms with Crippen molar-refractivity contribution in [3.63, 3.8) is 0 Å². The van der Waals surface area contributed by atoms with E-state index in [1.165, 1.54) is 37.9 Å². The third-order valence-electron chi connectivity index (χ3n) is 3.29. The van der Waals surface area contributed by atoms with E-state index in [-0.39, 0.29) is 12.3 Å². The topological polar surface area (TPSA) is 46.3 Å². The average molecular weight is 232 g/mol. The molecule has 0 atom stereocenters. The fraction of sp³-hybridized carbons (Fsp3) is 0.500. The van der Waals surface area contributed by atoms with Crippen molar-refractivity contribution in [2.45, 2.75) is 25.8 Å². The van der Waals surface area contributed by atoms with Crippen LogP contribution in [0.15, 0.2) is 24.3 Å². The van der Waals surface area contributed by atoms with Gasteiger partial charge >= 0.3 is 0 Å². The van der Waals surface area contributed by atoms with Gasteiger partial charge in [0.1, 0.15) is 0 Å². The van der Waals surface area contributed by atoms with Gasteiger partial charge in [0.2, 0.25) is 0 Å². The molecule has 0 spiro atoms. The number of ketones is 1. The number of rotatable bonds is 4. The van der Waals surface area contributed by atoms with Crippen LogP contribution < -0.4 is 5.73 Å². The summed E-state index contributed by atoms with van der Waals surface area (Å²) in [7, 11) is 0. The van der Waals surface area contributed by atoms with E-state index in [0.717, 1.165) is 12.1 Å². The predicted molar refractivity (Wildman–Crippen MR) is 69.0 cm³/mol. The van der Waals surface area contributed by atoms with Crippen LogP contribution in [0, 0.1) is 0 Å². The fourth-order valence-corrected chi connectivity index (χ4v) is 2.34. The second-order valence-electron chi connectivity index (χ2n) is 4.66. The third kappa shape index (κ3) is 3.38. The molecular formula is C14H20N2O. The first-order valence-corrected chi connectivity index (χ1v) is 6.34. The molecule has 1 saturated heterocycles. The number of benzene rings is 1. The Bertz CT molecular complexity index is 384. The van der Waals surface area contributed by atoms with Gasteiger partial charge in [0.25, 0.3) is 0 Å². The summed E-state index contributed by atoms with van der Waals surface area (Å²) in [5.41, 5.74) is 7.33. The monoisotopic (exact) mass is 232 g/mol. The van der Waals surface area contributed by atoms with Crippen molar-refractivity contribution in [3.8, 4) is 0 Å². The fourth-order valence-electron chi connectivity index (χ4n) is 2.34. The van der Waals surface area contributed by atoms with Gasteiger partial charge in [-0.25, -0.2) is 0 Å². The molecule has 0 unspecified atom stereocenters. The molecule has 0 aliphatic carbocycles. The molecule has 17 heavy (non-hydrogen) atoms. The number of carbonyl (C=O) groups is 1. The van der Waals surface area contributed by atoms with Crippen LogP contribution in [0.4, 0.5) is 0 Å². The highest BCUT2D eigenvalue weighted by atomic mass is 16.1. The lowest BCUT2D eigenvalue weighted by Gasteiger charge is -2.26. The minimum absolute atomic E-state index is 0.0190. The first-order chi connectivity index (χ1) is 8.29. The average Bonchev–Trinajstić information content (AvgIpc) is 2.39. The molecule has 0 aromatic heterocycles. The Morgan fingerprint density at radius 1 is 1.24 bits per heavy atom. The maximum atomic E-state index is 11.5. The number of hydrogen-bond donors (Lipinski definition) is 1. The predicted octanol–water partition coefficient (Wildman–Crippen LogP) is 1.81. The second-order valence-corrected chi connectivity index (χ2v) is 4.66. The van der Waals surface area contributed by atoms with Crippen molar-refractivity contribution < 1.29 is 4.79 Å². The molecule has 0 radical (unpaired) electrons. The molecule has 2 N–H and O–H groups in total. The van der Waals surface area contributed by atoms with Crippen LogP contribution >= 0.6 is 0 Å². The van der Waals surface area contributed by atoms with E-state index in [2.05, 4.69) is 11.0 Å². The molecule has 1 aromatic rings. The summed E-state index contributed by atoms with van der Waals surface area (Å²) < 4.78 is 0. The van der Waals surface area contributed by atoms with Crippen LogP contribution in [0.2, 0.25) is 0 Å². The van der Waals surface area contributed by atoms with Crippen molar-refractivity contribution >= 4 is 5.78 Å². The van der Waals surface area contributed by atoms with Gasteiger partial charge in [0.15, 0.2) is 5.78 Å². The Labute approximate surface area is 103 Å². The van der Waals surface area contributed by atoms with Crippen molar-refractivity contribution in [1.29, 1.82) is 0 Å². The van der Waals surface area contributed by atoms with Crippen molar-refractivity contribution in [2.75, 3.05) is 19.6 Å². The van der Waals surface area contributed by atoms with Crippen LogP contribution in [-0.4, -0.2) is 30.3 Å². The molecule has 0 saturated carbocycles. The summed E-state index contributed by atoms with van der Waals surface area (Å²) in [6.07, 6.45) is 3.94. The lowest BCUT2D eigenvalue weighted by Crippen LogP contribution is -2.29. The molecular weight excluding hydrogens is 212 g/mol. The zero-order chi connectivity index (χ0) is 12.1. The molecule has 3 heteroatoms. The first-order valence-electron chi connectivity index (χ1n) is 6.34. The van der Waals surface area contributed by atoms with Gasteiger partial charge in [-0.3, -0.25) is 9.69 Å². The molecule has 2 rings (SSSR count). The Morgan fingerprint density at radius 3 is 2.71 bits per heavy atom. The zero-order valence-corrected chi connectivity index (χ0v) is 10.2. The largest absolute Gasteiger partial charge is 0.324 e. The van der Waals surface area contributed by atoms with E-state index in [1.807, 2.05) is 18.2 Å². The highest BCUT2D eigenvalue weighted by Crippen LogP contribution is 2.14. The van der Waals surface area contributed by atoms with Gasteiger partial charge in [-0.05, 0) is 37.6 Å². The molecule has 1 heterocycles. The Hall–Kier alpha value is -1.19. The van der Waals surface area contributed by atoms with E-state index in [0.29, 0.717) is 0 Å². The van der Waals surface area contributed by atoms with E-state index < -0.39 is 0 Å². The quantitative estimate of drug-likeness (QED) is 0.805. The SMILES string of the molecule is NCC(=O)c1cccc(CN2CCCCC2)c1. The third-order valence-corrected chi connectivity index (χ3v) is 3.29. The van der Waals surface area contributed by atoms with Gasteiger partial charge in [-0.15, -0.1) is 0 Å². The normalized spacial score (nSPS) is 17.0. The Balaban J connectivity index is 2.02. The summed E-state index contributed by atoms with van der Waals surface area (Å²) >= 11 is 0. The number of piperidine rings is 1. The Morgan fingerprint density at radius 2 is 2.00 bits per heavy atom. The molecule has 3 nitrogen and oxygen atoms in total. The van der Waals surface area contributed by atoms with Crippen molar-refractivity contribution in [3.05, 3.63) is 35.4 Å². The summed E-state index contributed by atoms with van der Waals surface area (Å²) in [5, 5.41) is 0. The smallest absolute Gasteiger partial charge is 0.176 e. The molecule has 1 aliphatic rings. The van der Waals surface area contributed by atoms with Gasteiger partial charge in [-0.2, -0.15) is 0 Å². The highest BCUT2D eigenvalue weighted by Gasteiger charge is 2.11. The number of nitrogens with zero attached hydrogens (tertiary/aromatic N) is 1. The molecule has 0 bridgehead atoms. The molecule has 0 amide bonds. The number of nitrogens with two attached hydrogens (primary N) is 1. The maximum absolute atomic E-state index is 11.5. The lowest BCUT2D eigenvalue weighted by molar-refractivity contribution is 0.100. The standard InChI is InChI=1S/C14H20N2O/c15-10-14(17)13-6-4-5-12(9-13)11-16-7-2-1-3-8-16/h4-6,9H,1-3,7-8,10-11,15H2. The lowest BCUT2D eigenvalue weighted by atomic mass is 10.1. The maximum Gasteiger partial charge on any atom is 0.176 e. The summed E-state index contributed by atoms with van der Waals surface area (Å²) in [5.74, 6) is 0.0190. The summed E-state index contributed by atoms with van der Waals surface area (Å²) in [4.78, 5) is 14.0. The van der Waals surface area contributed by atoms with Crippen LogP contribution in [0.5, 0.6) is 0 Å². The van der Waals surface area contributed by atoms with Crippen LogP contribution in [0.1, 0.15) is 35.2 Å². The molecule has 1 aliphatic heterocycles. The number of carbonyl (C=O) groups excluding carboxylic acids is 1. The number of Topliss-reactive ketones (excluding diaryl/α,β-unsaturated/α-hetero) is 1. The van der Waals surface area contributed by atoms with Crippen LogP contribution in [-0.2, 0) is 6.54 Å². The summed E-state index contributed by atoms with van der Waals surface area (Å²) in [6, 6.07) is 7.85. The van der Waals surface area contributed by atoms with Gasteiger partial charge < -0.3 is 5.73 Å².